The number of ether oxygens (including phenoxy) is 3. The summed E-state index contributed by atoms with van der Waals surface area (Å²) in [6, 6.07) is 3.30. The van der Waals surface area contributed by atoms with Crippen LogP contribution in [0.15, 0.2) is 12.1 Å². The van der Waals surface area contributed by atoms with Crippen LogP contribution < -0.4 is 14.2 Å². The first kappa shape index (κ1) is 15.3. The lowest BCUT2D eigenvalue weighted by molar-refractivity contribution is 0.111. The molecular formula is C14H21NO4. The molecule has 1 rings (SSSR count). The maximum absolute atomic E-state index is 11.1. The predicted octanol–water partition coefficient (Wildman–Crippen LogP) is 1.85. The van der Waals surface area contributed by atoms with Crippen LogP contribution in [0.5, 0.6) is 17.2 Å². The molecule has 0 amide bonds. The second-order valence-electron chi connectivity index (χ2n) is 4.37. The van der Waals surface area contributed by atoms with Gasteiger partial charge in [0.1, 0.15) is 5.75 Å². The first-order chi connectivity index (χ1) is 9.12. The summed E-state index contributed by atoms with van der Waals surface area (Å²) in [7, 11) is 7.10. The van der Waals surface area contributed by atoms with Crippen LogP contribution in [0.25, 0.3) is 0 Å². The topological polar surface area (TPSA) is 48.0 Å². The Morgan fingerprint density at radius 1 is 1.11 bits per heavy atom. The minimum atomic E-state index is 0.461. The molecule has 19 heavy (non-hydrogen) atoms. The van der Waals surface area contributed by atoms with Gasteiger partial charge in [0.15, 0.2) is 17.8 Å². The lowest BCUT2D eigenvalue weighted by atomic mass is 10.2. The molecule has 0 aliphatic heterocycles. The smallest absolute Gasteiger partial charge is 0.164 e. The zero-order valence-corrected chi connectivity index (χ0v) is 11.9. The van der Waals surface area contributed by atoms with Crippen LogP contribution in [0.4, 0.5) is 0 Å². The summed E-state index contributed by atoms with van der Waals surface area (Å²) in [6.07, 6.45) is 1.64. The monoisotopic (exact) mass is 267 g/mol. The molecule has 0 aromatic heterocycles. The molecule has 0 bridgehead atoms. The molecule has 0 unspecified atom stereocenters. The number of nitrogens with zero attached hydrogens (tertiary/aromatic N) is 1. The van der Waals surface area contributed by atoms with Gasteiger partial charge in [-0.1, -0.05) is 0 Å². The molecule has 0 aliphatic rings. The van der Waals surface area contributed by atoms with Gasteiger partial charge in [-0.2, -0.15) is 0 Å². The van der Waals surface area contributed by atoms with Crippen molar-refractivity contribution in [3.63, 3.8) is 0 Å². The van der Waals surface area contributed by atoms with Crippen LogP contribution in [-0.4, -0.2) is 52.7 Å². The summed E-state index contributed by atoms with van der Waals surface area (Å²) in [4.78, 5) is 13.1. The van der Waals surface area contributed by atoms with E-state index < -0.39 is 0 Å². The predicted molar refractivity (Wildman–Crippen MR) is 73.6 cm³/mol. The molecule has 0 saturated carbocycles. The Bertz CT molecular complexity index is 418. The largest absolute Gasteiger partial charge is 0.493 e. The third-order valence-electron chi connectivity index (χ3n) is 2.65. The van der Waals surface area contributed by atoms with E-state index in [-0.39, 0.29) is 0 Å². The normalized spacial score (nSPS) is 10.4. The molecule has 1 aromatic rings. The van der Waals surface area contributed by atoms with Gasteiger partial charge in [-0.15, -0.1) is 0 Å². The van der Waals surface area contributed by atoms with E-state index in [1.165, 1.54) is 7.11 Å². The van der Waals surface area contributed by atoms with Gasteiger partial charge in [-0.05, 0) is 26.6 Å². The highest BCUT2D eigenvalue weighted by molar-refractivity contribution is 5.81. The van der Waals surface area contributed by atoms with Crippen LogP contribution in [0.2, 0.25) is 0 Å². The van der Waals surface area contributed by atoms with E-state index >= 15 is 0 Å². The number of aldehydes is 1. The van der Waals surface area contributed by atoms with Crippen molar-refractivity contribution in [1.82, 2.24) is 4.90 Å². The molecular weight excluding hydrogens is 246 g/mol. The summed E-state index contributed by atoms with van der Waals surface area (Å²) in [5.74, 6) is 1.59. The number of carbonyl (C=O) groups is 1. The van der Waals surface area contributed by atoms with Crippen molar-refractivity contribution in [3.8, 4) is 17.2 Å². The van der Waals surface area contributed by atoms with Crippen LogP contribution in [0, 0.1) is 0 Å². The highest BCUT2D eigenvalue weighted by atomic mass is 16.5. The molecule has 0 atom stereocenters. The third kappa shape index (κ3) is 4.44. The molecule has 0 fully saturated rings. The highest BCUT2D eigenvalue weighted by Gasteiger charge is 2.11. The van der Waals surface area contributed by atoms with Crippen molar-refractivity contribution < 1.29 is 19.0 Å². The SMILES string of the molecule is COc1cc(C=O)c(OCCCN(C)C)cc1OC. The summed E-state index contributed by atoms with van der Waals surface area (Å²) < 4.78 is 16.0. The highest BCUT2D eigenvalue weighted by Crippen LogP contribution is 2.33. The first-order valence-electron chi connectivity index (χ1n) is 6.11. The third-order valence-corrected chi connectivity index (χ3v) is 2.65. The average molecular weight is 267 g/mol. The molecule has 0 heterocycles. The van der Waals surface area contributed by atoms with Crippen molar-refractivity contribution in [2.45, 2.75) is 6.42 Å². The van der Waals surface area contributed by atoms with Crippen LogP contribution in [0.3, 0.4) is 0 Å². The van der Waals surface area contributed by atoms with Gasteiger partial charge in [-0.25, -0.2) is 0 Å². The van der Waals surface area contributed by atoms with Gasteiger partial charge >= 0.3 is 0 Å². The molecule has 0 radical (unpaired) electrons. The number of methoxy groups -OCH3 is 2. The Balaban J connectivity index is 2.78. The fourth-order valence-electron chi connectivity index (χ4n) is 1.66. The first-order valence-corrected chi connectivity index (χ1v) is 6.11. The van der Waals surface area contributed by atoms with E-state index in [1.54, 1.807) is 19.2 Å². The molecule has 5 nitrogen and oxygen atoms in total. The maximum atomic E-state index is 11.1. The van der Waals surface area contributed by atoms with Crippen molar-refractivity contribution in [2.75, 3.05) is 41.5 Å². The molecule has 0 spiro atoms. The Morgan fingerprint density at radius 2 is 1.74 bits per heavy atom. The van der Waals surface area contributed by atoms with Gasteiger partial charge in [0.25, 0.3) is 0 Å². The van der Waals surface area contributed by atoms with Crippen molar-refractivity contribution in [2.24, 2.45) is 0 Å². The Kier molecular flexibility index (Phi) is 6.15. The maximum Gasteiger partial charge on any atom is 0.164 e. The minimum absolute atomic E-state index is 0.461. The van der Waals surface area contributed by atoms with E-state index in [4.69, 9.17) is 14.2 Å². The summed E-state index contributed by atoms with van der Waals surface area (Å²) in [5.41, 5.74) is 0.461. The van der Waals surface area contributed by atoms with Crippen molar-refractivity contribution in [3.05, 3.63) is 17.7 Å². The van der Waals surface area contributed by atoms with Gasteiger partial charge < -0.3 is 19.1 Å². The Labute approximate surface area is 114 Å². The number of carbonyl (C=O) groups excluding carboxylic acids is 1. The summed E-state index contributed by atoms with van der Waals surface area (Å²) in [5, 5.41) is 0. The fraction of sp³-hybridized carbons (Fsp3) is 0.500. The average Bonchev–Trinajstić information content (AvgIpc) is 2.42. The van der Waals surface area contributed by atoms with E-state index in [0.717, 1.165) is 19.3 Å². The van der Waals surface area contributed by atoms with E-state index in [2.05, 4.69) is 4.90 Å². The van der Waals surface area contributed by atoms with Gasteiger partial charge in [-0.3, -0.25) is 4.79 Å². The lowest BCUT2D eigenvalue weighted by Gasteiger charge is -2.14. The minimum Gasteiger partial charge on any atom is -0.493 e. The molecule has 0 saturated heterocycles. The zero-order valence-electron chi connectivity index (χ0n) is 11.9. The van der Waals surface area contributed by atoms with Gasteiger partial charge in [0.2, 0.25) is 0 Å². The van der Waals surface area contributed by atoms with Gasteiger partial charge in [0.05, 0.1) is 26.4 Å². The van der Waals surface area contributed by atoms with E-state index in [1.807, 2.05) is 14.1 Å². The standard InChI is InChI=1S/C14H21NO4/c1-15(2)6-5-7-19-12-9-14(18-4)13(17-3)8-11(12)10-16/h8-10H,5-7H2,1-4H3. The molecule has 106 valence electrons. The number of rotatable bonds is 8. The Morgan fingerprint density at radius 3 is 2.26 bits per heavy atom. The number of benzene rings is 1. The van der Waals surface area contributed by atoms with E-state index in [9.17, 15) is 4.79 Å². The van der Waals surface area contributed by atoms with Crippen LogP contribution >= 0.6 is 0 Å². The molecule has 5 heteroatoms. The zero-order chi connectivity index (χ0) is 14.3. The number of hydrogen-bond donors (Lipinski definition) is 0. The Hall–Kier alpha value is -1.75. The molecule has 1 aromatic carbocycles. The van der Waals surface area contributed by atoms with Gasteiger partial charge in [0, 0.05) is 12.6 Å². The summed E-state index contributed by atoms with van der Waals surface area (Å²) >= 11 is 0. The number of hydrogen-bond acceptors (Lipinski definition) is 5. The lowest BCUT2D eigenvalue weighted by Crippen LogP contribution is -2.15. The fourth-order valence-corrected chi connectivity index (χ4v) is 1.66. The summed E-state index contributed by atoms with van der Waals surface area (Å²) in [6.45, 7) is 1.48. The van der Waals surface area contributed by atoms with E-state index in [0.29, 0.717) is 29.4 Å². The molecule has 0 aliphatic carbocycles. The van der Waals surface area contributed by atoms with Crippen LogP contribution in [-0.2, 0) is 0 Å². The quantitative estimate of drug-likeness (QED) is 0.531. The van der Waals surface area contributed by atoms with Crippen molar-refractivity contribution >= 4 is 6.29 Å². The van der Waals surface area contributed by atoms with Crippen molar-refractivity contribution in [1.29, 1.82) is 0 Å². The van der Waals surface area contributed by atoms with Crippen LogP contribution in [0.1, 0.15) is 16.8 Å². The molecule has 0 N–H and O–H groups in total. The second-order valence-corrected chi connectivity index (χ2v) is 4.37. The second kappa shape index (κ2) is 7.63.